The van der Waals surface area contributed by atoms with Gasteiger partial charge in [-0.15, -0.1) is 0 Å². The standard InChI is InChI=1S/C20H26F2N2O3/c1-26-18-13-15(6-8-17(18)27-20(21)22)7-9-19(25)24-12-4-5-16(24)14-23-10-2-3-11-23/h6-9,13,16,20H,2-5,10-12,14H2,1H3/b9-7+. The molecule has 0 aromatic heterocycles. The number of carbonyl (C=O) groups is 1. The highest BCUT2D eigenvalue weighted by molar-refractivity contribution is 5.92. The van der Waals surface area contributed by atoms with Gasteiger partial charge < -0.3 is 19.3 Å². The lowest BCUT2D eigenvalue weighted by molar-refractivity contribution is -0.127. The molecular formula is C20H26F2N2O3. The molecule has 2 aliphatic rings. The predicted molar refractivity (Wildman–Crippen MR) is 99.1 cm³/mol. The molecule has 1 aromatic carbocycles. The van der Waals surface area contributed by atoms with Crippen LogP contribution in [0.1, 0.15) is 31.2 Å². The number of hydrogen-bond acceptors (Lipinski definition) is 4. The van der Waals surface area contributed by atoms with Crippen molar-refractivity contribution in [2.24, 2.45) is 0 Å². The minimum absolute atomic E-state index is 0.0106. The van der Waals surface area contributed by atoms with Crippen LogP contribution in [-0.2, 0) is 4.79 Å². The van der Waals surface area contributed by atoms with E-state index in [1.165, 1.54) is 26.0 Å². The number of rotatable bonds is 7. The molecule has 0 N–H and O–H groups in total. The fourth-order valence-electron chi connectivity index (χ4n) is 3.82. The SMILES string of the molecule is COc1cc(/C=C/C(=O)N2CCCC2CN2CCCC2)ccc1OC(F)F. The van der Waals surface area contributed by atoms with Crippen molar-refractivity contribution < 1.29 is 23.0 Å². The Morgan fingerprint density at radius 1 is 1.22 bits per heavy atom. The summed E-state index contributed by atoms with van der Waals surface area (Å²) in [6, 6.07) is 4.89. The summed E-state index contributed by atoms with van der Waals surface area (Å²) in [5.41, 5.74) is 0.692. The first kappa shape index (κ1) is 19.6. The van der Waals surface area contributed by atoms with Gasteiger partial charge in [0, 0.05) is 25.2 Å². The second kappa shape index (κ2) is 9.17. The van der Waals surface area contributed by atoms with Crippen LogP contribution in [-0.4, -0.2) is 61.6 Å². The zero-order chi connectivity index (χ0) is 19.2. The third kappa shape index (κ3) is 5.19. The molecule has 1 amide bonds. The summed E-state index contributed by atoms with van der Waals surface area (Å²) in [4.78, 5) is 17.0. The largest absolute Gasteiger partial charge is 0.493 e. The van der Waals surface area contributed by atoms with Gasteiger partial charge in [-0.1, -0.05) is 6.07 Å². The predicted octanol–water partition coefficient (Wildman–Crippen LogP) is 3.40. The number of amides is 1. The third-order valence-electron chi connectivity index (χ3n) is 5.15. The molecule has 2 fully saturated rings. The average Bonchev–Trinajstić information content (AvgIpc) is 3.32. The van der Waals surface area contributed by atoms with Crippen molar-refractivity contribution >= 4 is 12.0 Å². The molecule has 0 radical (unpaired) electrons. The lowest BCUT2D eigenvalue weighted by Gasteiger charge is -2.27. The number of hydrogen-bond donors (Lipinski definition) is 0. The van der Waals surface area contributed by atoms with Crippen LogP contribution < -0.4 is 9.47 Å². The van der Waals surface area contributed by atoms with Crippen LogP contribution in [0.25, 0.3) is 6.08 Å². The highest BCUT2D eigenvalue weighted by Crippen LogP contribution is 2.30. The molecule has 7 heteroatoms. The monoisotopic (exact) mass is 380 g/mol. The first-order chi connectivity index (χ1) is 13.1. The minimum Gasteiger partial charge on any atom is -0.493 e. The minimum atomic E-state index is -2.91. The fraction of sp³-hybridized carbons (Fsp3) is 0.550. The number of halogens is 2. The Morgan fingerprint density at radius 3 is 2.70 bits per heavy atom. The van der Waals surface area contributed by atoms with Crippen LogP contribution in [0.3, 0.4) is 0 Å². The van der Waals surface area contributed by atoms with Crippen molar-refractivity contribution in [3.05, 3.63) is 29.8 Å². The van der Waals surface area contributed by atoms with Gasteiger partial charge in [-0.3, -0.25) is 4.79 Å². The number of likely N-dealkylation sites (tertiary alicyclic amines) is 2. The number of alkyl halides is 2. The van der Waals surface area contributed by atoms with Gasteiger partial charge in [0.15, 0.2) is 11.5 Å². The van der Waals surface area contributed by atoms with E-state index in [0.717, 1.165) is 39.0 Å². The van der Waals surface area contributed by atoms with Crippen LogP contribution in [0.5, 0.6) is 11.5 Å². The Kier molecular flexibility index (Phi) is 6.66. The molecular weight excluding hydrogens is 354 g/mol. The molecule has 0 aliphatic carbocycles. The van der Waals surface area contributed by atoms with Crippen molar-refractivity contribution in [2.75, 3.05) is 33.3 Å². The van der Waals surface area contributed by atoms with E-state index < -0.39 is 6.61 Å². The fourth-order valence-corrected chi connectivity index (χ4v) is 3.82. The highest BCUT2D eigenvalue weighted by atomic mass is 19.3. The van der Waals surface area contributed by atoms with E-state index in [4.69, 9.17) is 4.74 Å². The van der Waals surface area contributed by atoms with Crippen molar-refractivity contribution in [3.63, 3.8) is 0 Å². The van der Waals surface area contributed by atoms with Gasteiger partial charge >= 0.3 is 6.61 Å². The summed E-state index contributed by atoms with van der Waals surface area (Å²) in [6.45, 7) is 1.08. The average molecular weight is 380 g/mol. The van der Waals surface area contributed by atoms with Crippen molar-refractivity contribution in [2.45, 2.75) is 38.3 Å². The molecule has 1 unspecified atom stereocenters. The quantitative estimate of drug-likeness (QED) is 0.680. The molecule has 5 nitrogen and oxygen atoms in total. The molecule has 1 atom stereocenters. The molecule has 2 aliphatic heterocycles. The maximum absolute atomic E-state index is 12.6. The van der Waals surface area contributed by atoms with Crippen LogP contribution >= 0.6 is 0 Å². The Morgan fingerprint density at radius 2 is 2.00 bits per heavy atom. The van der Waals surface area contributed by atoms with Gasteiger partial charge in [-0.2, -0.15) is 8.78 Å². The Hall–Kier alpha value is -2.15. The Balaban J connectivity index is 1.63. The number of nitrogens with zero attached hydrogens (tertiary/aromatic N) is 2. The summed E-state index contributed by atoms with van der Waals surface area (Å²) < 4.78 is 34.3. The second-order valence-corrected chi connectivity index (χ2v) is 6.96. The lowest BCUT2D eigenvalue weighted by Crippen LogP contribution is -2.41. The van der Waals surface area contributed by atoms with E-state index >= 15 is 0 Å². The van der Waals surface area contributed by atoms with Gasteiger partial charge in [0.2, 0.25) is 5.91 Å². The van der Waals surface area contributed by atoms with E-state index in [1.807, 2.05) is 4.90 Å². The van der Waals surface area contributed by atoms with Crippen molar-refractivity contribution in [3.8, 4) is 11.5 Å². The van der Waals surface area contributed by atoms with Gasteiger partial charge in [0.05, 0.1) is 7.11 Å². The number of carbonyl (C=O) groups excluding carboxylic acids is 1. The maximum atomic E-state index is 12.6. The summed E-state index contributed by atoms with van der Waals surface area (Å²) in [5, 5.41) is 0. The zero-order valence-electron chi connectivity index (χ0n) is 15.6. The molecule has 0 bridgehead atoms. The summed E-state index contributed by atoms with van der Waals surface area (Å²) >= 11 is 0. The van der Waals surface area contributed by atoms with Crippen LogP contribution in [0.15, 0.2) is 24.3 Å². The summed E-state index contributed by atoms with van der Waals surface area (Å²) in [6.07, 6.45) is 7.80. The number of benzene rings is 1. The topological polar surface area (TPSA) is 42.0 Å². The summed E-state index contributed by atoms with van der Waals surface area (Å²) in [5.74, 6) is 0.169. The van der Waals surface area contributed by atoms with Gasteiger partial charge in [0.25, 0.3) is 0 Å². The van der Waals surface area contributed by atoms with Crippen molar-refractivity contribution in [1.29, 1.82) is 0 Å². The smallest absolute Gasteiger partial charge is 0.387 e. The van der Waals surface area contributed by atoms with Gasteiger partial charge in [0.1, 0.15) is 0 Å². The Labute approximate surface area is 158 Å². The van der Waals surface area contributed by atoms with E-state index in [0.29, 0.717) is 5.56 Å². The van der Waals surface area contributed by atoms with Gasteiger partial charge in [-0.05, 0) is 62.5 Å². The van der Waals surface area contributed by atoms with E-state index in [9.17, 15) is 13.6 Å². The molecule has 3 rings (SSSR count). The normalized spacial score (nSPS) is 20.7. The van der Waals surface area contributed by atoms with Gasteiger partial charge in [-0.25, -0.2) is 0 Å². The van der Waals surface area contributed by atoms with Crippen LogP contribution in [0, 0.1) is 0 Å². The first-order valence-corrected chi connectivity index (χ1v) is 9.40. The highest BCUT2D eigenvalue weighted by Gasteiger charge is 2.29. The second-order valence-electron chi connectivity index (χ2n) is 6.96. The van der Waals surface area contributed by atoms with E-state index in [-0.39, 0.29) is 23.4 Å². The summed E-state index contributed by atoms with van der Waals surface area (Å²) in [7, 11) is 1.39. The zero-order valence-corrected chi connectivity index (χ0v) is 15.6. The van der Waals surface area contributed by atoms with E-state index in [2.05, 4.69) is 9.64 Å². The molecule has 2 saturated heterocycles. The molecule has 0 saturated carbocycles. The molecule has 27 heavy (non-hydrogen) atoms. The Bertz CT molecular complexity index is 675. The molecule has 2 heterocycles. The van der Waals surface area contributed by atoms with Crippen LogP contribution in [0.2, 0.25) is 0 Å². The maximum Gasteiger partial charge on any atom is 0.387 e. The molecule has 0 spiro atoms. The van der Waals surface area contributed by atoms with Crippen LogP contribution in [0.4, 0.5) is 8.78 Å². The van der Waals surface area contributed by atoms with E-state index in [1.54, 1.807) is 24.3 Å². The number of ether oxygens (including phenoxy) is 2. The third-order valence-corrected chi connectivity index (χ3v) is 5.15. The van der Waals surface area contributed by atoms with Crippen molar-refractivity contribution in [1.82, 2.24) is 9.80 Å². The number of methoxy groups -OCH3 is 1. The first-order valence-electron chi connectivity index (χ1n) is 9.40. The lowest BCUT2D eigenvalue weighted by atomic mass is 10.1. The molecule has 148 valence electrons. The molecule has 1 aromatic rings.